The Morgan fingerprint density at radius 2 is 0.875 bits per heavy atom. The van der Waals surface area contributed by atoms with Crippen molar-refractivity contribution in [2.75, 3.05) is 0 Å². The van der Waals surface area contributed by atoms with Crippen LogP contribution in [-0.2, 0) is 0 Å². The molecule has 0 aliphatic heterocycles. The predicted molar refractivity (Wildman–Crippen MR) is 11.5 cm³/mol. The third kappa shape index (κ3) is 54.6. The fourth-order valence-corrected chi connectivity index (χ4v) is 0. The van der Waals surface area contributed by atoms with E-state index in [1.54, 1.807) is 0 Å². The average molecular weight is 361 g/mol. The van der Waals surface area contributed by atoms with Gasteiger partial charge < -0.3 is 28.2 Å². The molecule has 0 aliphatic carbocycles. The van der Waals surface area contributed by atoms with Crippen LogP contribution in [0.25, 0.3) is 0 Å². The van der Waals surface area contributed by atoms with Gasteiger partial charge in [-0.25, -0.2) is 0 Å². The maximum atomic E-state index is 8.58. The van der Waals surface area contributed by atoms with Crippen molar-refractivity contribution in [2.24, 2.45) is 0 Å². The Kier molecular flexibility index (Phi) is 29.9. The van der Waals surface area contributed by atoms with Crippen LogP contribution in [0.2, 0.25) is 0 Å². The predicted octanol–water partition coefficient (Wildman–Crippen LogP) is -11.5. The van der Waals surface area contributed by atoms with Gasteiger partial charge in [-0.2, -0.15) is 0 Å². The first kappa shape index (κ1) is 22.6. The van der Waals surface area contributed by atoms with E-state index >= 15 is 0 Å². The molecule has 0 saturated heterocycles. The molecule has 0 aromatic rings. The van der Waals surface area contributed by atoms with Crippen LogP contribution < -0.4 is 100 Å². The Labute approximate surface area is 133 Å². The Bertz CT molecular complexity index is 31.5. The summed E-state index contributed by atoms with van der Waals surface area (Å²) in [6, 6.07) is 0. The fourth-order valence-electron chi connectivity index (χ4n) is 0. The first-order valence-electron chi connectivity index (χ1n) is 0.816. The van der Waals surface area contributed by atoms with Crippen molar-refractivity contribution in [3.8, 4) is 0 Å². The zero-order valence-corrected chi connectivity index (χ0v) is 14.6. The van der Waals surface area contributed by atoms with Crippen molar-refractivity contribution in [2.45, 2.75) is 0 Å². The zero-order chi connectivity index (χ0) is 4.50. The van der Waals surface area contributed by atoms with E-state index in [2.05, 4.69) is 0 Å². The maximum Gasteiger partial charge on any atom is 2.00 e. The smallest absolute Gasteiger partial charge is 0.894 e. The van der Waals surface area contributed by atoms with Gasteiger partial charge in [-0.1, -0.05) is 0 Å². The van der Waals surface area contributed by atoms with Crippen LogP contribution >= 0.6 is 0 Å². The third-order valence-electron chi connectivity index (χ3n) is 0. The van der Waals surface area contributed by atoms with Crippen molar-refractivity contribution in [3.05, 3.63) is 0 Å². The summed E-state index contributed by atoms with van der Waals surface area (Å²) in [5, 5.41) is 0. The molecule has 8 heteroatoms. The molecule has 0 spiro atoms. The summed E-state index contributed by atoms with van der Waals surface area (Å²) in [6.07, 6.45) is 0. The molecule has 0 rings (SSSR count). The van der Waals surface area contributed by atoms with Gasteiger partial charge in [0.1, 0.15) is 0 Å². The van der Waals surface area contributed by atoms with Gasteiger partial charge in [-0.05, 0) is 0 Å². The van der Waals surface area contributed by atoms with Gasteiger partial charge in [0, 0.05) is 0 Å². The summed E-state index contributed by atoms with van der Waals surface area (Å²) < 4.78 is 0. The second kappa shape index (κ2) is 10.6. The average Bonchev–Trinajstić information content (AvgIpc) is 0.722. The van der Waals surface area contributed by atoms with Gasteiger partial charge in [-0.15, -0.1) is 0 Å². The molecule has 0 saturated carbocycles. The molecule has 0 atom stereocenters. The quantitative estimate of drug-likeness (QED) is 0.401. The first-order valence-corrected chi connectivity index (χ1v) is 2.45. The molecule has 34 valence electrons. The van der Waals surface area contributed by atoms with Crippen molar-refractivity contribution in [1.29, 1.82) is 0 Å². The SMILES string of the molecule is [K+].[Na+].[O-][Si]([O-])([O-])[O-].[Pb+2]. The van der Waals surface area contributed by atoms with Crippen LogP contribution in [0, 0.1) is 0 Å². The number of rotatable bonds is 0. The second-order valence-electron chi connectivity index (χ2n) is 0.500. The molecule has 0 fully saturated rings. The van der Waals surface area contributed by atoms with Crippen molar-refractivity contribution in [1.82, 2.24) is 0 Å². The van der Waals surface area contributed by atoms with Gasteiger partial charge in [-0.3, -0.25) is 0 Å². The van der Waals surface area contributed by atoms with E-state index in [1.807, 2.05) is 0 Å². The van der Waals surface area contributed by atoms with E-state index in [0.29, 0.717) is 0 Å². The zero-order valence-electron chi connectivity index (χ0n) is 4.63. The summed E-state index contributed by atoms with van der Waals surface area (Å²) in [7, 11) is -5.61. The molecular weight excluding hydrogens is 361 g/mol. The molecule has 0 bridgehead atoms. The minimum Gasteiger partial charge on any atom is -0.894 e. The maximum absolute atomic E-state index is 8.58. The molecule has 0 aromatic carbocycles. The van der Waals surface area contributed by atoms with Gasteiger partial charge >= 0.3 is 108 Å². The molecule has 0 amide bonds. The molecule has 4 nitrogen and oxygen atoms in total. The fraction of sp³-hybridized carbons (Fsp3) is 0. The summed E-state index contributed by atoms with van der Waals surface area (Å²) in [4.78, 5) is 34.3. The number of hydrogen-bond donors (Lipinski definition) is 0. The van der Waals surface area contributed by atoms with Gasteiger partial charge in [0.15, 0.2) is 0 Å². The minimum atomic E-state index is -5.61. The summed E-state index contributed by atoms with van der Waals surface area (Å²) in [5.41, 5.74) is 0. The van der Waals surface area contributed by atoms with E-state index in [-0.39, 0.29) is 108 Å². The summed E-state index contributed by atoms with van der Waals surface area (Å²) in [5.74, 6) is 0. The Hall–Kier alpha value is 3.62. The molecule has 0 unspecified atom stereocenters. The van der Waals surface area contributed by atoms with Crippen LogP contribution in [0.3, 0.4) is 0 Å². The Balaban J connectivity index is -0.0000000267. The van der Waals surface area contributed by atoms with E-state index in [0.717, 1.165) is 0 Å². The van der Waals surface area contributed by atoms with E-state index in [9.17, 15) is 0 Å². The van der Waals surface area contributed by atoms with E-state index in [1.165, 1.54) is 0 Å². The molecule has 8 heavy (non-hydrogen) atoms. The molecule has 0 N–H and O–H groups in total. The van der Waals surface area contributed by atoms with Crippen LogP contribution in [0.4, 0.5) is 0 Å². The summed E-state index contributed by atoms with van der Waals surface area (Å²) >= 11 is 0. The normalized spacial score (nSPS) is 7.50. The monoisotopic (exact) mass is 362 g/mol. The largest absolute Gasteiger partial charge is 2.00 e. The second-order valence-corrected chi connectivity index (χ2v) is 1.50. The summed E-state index contributed by atoms with van der Waals surface area (Å²) in [6.45, 7) is 0. The van der Waals surface area contributed by atoms with Crippen LogP contribution in [0.1, 0.15) is 0 Å². The van der Waals surface area contributed by atoms with Crippen molar-refractivity contribution < 1.29 is 100 Å². The molecule has 0 heterocycles. The van der Waals surface area contributed by atoms with E-state index < -0.39 is 9.05 Å². The van der Waals surface area contributed by atoms with E-state index in [4.69, 9.17) is 19.2 Å². The molecule has 0 aliphatic rings. The van der Waals surface area contributed by atoms with Crippen LogP contribution in [0.15, 0.2) is 0 Å². The van der Waals surface area contributed by atoms with Crippen molar-refractivity contribution in [3.63, 3.8) is 0 Å². The van der Waals surface area contributed by atoms with Gasteiger partial charge in [0.05, 0.1) is 0 Å². The van der Waals surface area contributed by atoms with Gasteiger partial charge in [0.2, 0.25) is 0 Å². The molecule has 2 radical (unpaired) electrons. The Morgan fingerprint density at radius 3 is 0.875 bits per heavy atom. The topological polar surface area (TPSA) is 92.2 Å². The van der Waals surface area contributed by atoms with Gasteiger partial charge in [0.25, 0.3) is 0 Å². The van der Waals surface area contributed by atoms with Crippen molar-refractivity contribution >= 4 is 36.3 Å². The standard InChI is InChI=1S/K.Na.O4Si.Pb/c;;1-5(2,3)4;/q2*+1;-4;+2. The van der Waals surface area contributed by atoms with Crippen LogP contribution in [-0.4, -0.2) is 36.3 Å². The minimum absolute atomic E-state index is 0. The van der Waals surface area contributed by atoms with Crippen LogP contribution in [0.5, 0.6) is 0 Å². The number of hydrogen-bond acceptors (Lipinski definition) is 4. The Morgan fingerprint density at radius 1 is 0.875 bits per heavy atom. The molecular formula is KNaO4PbSi. The molecule has 0 aromatic heterocycles. The first-order chi connectivity index (χ1) is 2.00. The third-order valence-corrected chi connectivity index (χ3v) is 0.